The molecule has 0 spiro atoms. The fourth-order valence-corrected chi connectivity index (χ4v) is 3.86. The summed E-state index contributed by atoms with van der Waals surface area (Å²) < 4.78 is 0. The molecule has 1 saturated heterocycles. The Morgan fingerprint density at radius 2 is 2.26 bits per heavy atom. The van der Waals surface area contributed by atoms with Crippen LogP contribution in [0.1, 0.15) is 30.2 Å². The molecular formula is C16H24ClN3O2S. The van der Waals surface area contributed by atoms with Crippen LogP contribution in [-0.2, 0) is 22.6 Å². The summed E-state index contributed by atoms with van der Waals surface area (Å²) in [5, 5.41) is 8.15. The molecule has 1 atom stereocenters. The molecule has 2 N–H and O–H groups in total. The zero-order valence-electron chi connectivity index (χ0n) is 13.3. The monoisotopic (exact) mass is 357 g/mol. The zero-order chi connectivity index (χ0) is 15.5. The summed E-state index contributed by atoms with van der Waals surface area (Å²) in [7, 11) is 0. The molecule has 1 unspecified atom stereocenters. The number of thiophene rings is 1. The molecule has 0 bridgehead atoms. The van der Waals surface area contributed by atoms with E-state index in [1.54, 1.807) is 11.3 Å². The highest BCUT2D eigenvalue weighted by Crippen LogP contribution is 2.24. The minimum Gasteiger partial charge on any atom is -0.344 e. The van der Waals surface area contributed by atoms with Gasteiger partial charge in [0.2, 0.25) is 11.8 Å². The van der Waals surface area contributed by atoms with Crippen molar-refractivity contribution in [3.05, 3.63) is 21.9 Å². The maximum atomic E-state index is 12.8. The summed E-state index contributed by atoms with van der Waals surface area (Å²) in [5.41, 5.74) is 1.26. The lowest BCUT2D eigenvalue weighted by atomic mass is 10.0. The van der Waals surface area contributed by atoms with Crippen molar-refractivity contribution in [3.63, 3.8) is 0 Å². The van der Waals surface area contributed by atoms with Crippen LogP contribution in [0.2, 0.25) is 0 Å². The minimum atomic E-state index is -0.377. The molecule has 0 radical (unpaired) electrons. The van der Waals surface area contributed by atoms with Crippen LogP contribution < -0.4 is 10.6 Å². The summed E-state index contributed by atoms with van der Waals surface area (Å²) >= 11 is 1.77. The van der Waals surface area contributed by atoms with Crippen LogP contribution >= 0.6 is 23.7 Å². The number of nitrogens with one attached hydrogen (secondary N) is 2. The van der Waals surface area contributed by atoms with E-state index in [1.165, 1.54) is 10.4 Å². The first-order chi connectivity index (χ1) is 10.7. The smallest absolute Gasteiger partial charge is 0.245 e. The number of hydrogen-bond acceptors (Lipinski definition) is 4. The van der Waals surface area contributed by atoms with Crippen LogP contribution in [0.5, 0.6) is 0 Å². The topological polar surface area (TPSA) is 61.4 Å². The second-order valence-corrected chi connectivity index (χ2v) is 7.08. The second kappa shape index (κ2) is 8.13. The van der Waals surface area contributed by atoms with Crippen LogP contribution in [-0.4, -0.2) is 42.4 Å². The van der Waals surface area contributed by atoms with E-state index in [0.717, 1.165) is 32.5 Å². The van der Waals surface area contributed by atoms with Crippen molar-refractivity contribution in [1.82, 2.24) is 15.5 Å². The first kappa shape index (κ1) is 18.2. The number of carbonyl (C=O) groups excluding carboxylic acids is 2. The van der Waals surface area contributed by atoms with Gasteiger partial charge in [0.15, 0.2) is 0 Å². The fourth-order valence-electron chi connectivity index (χ4n) is 2.97. The quantitative estimate of drug-likeness (QED) is 0.840. The highest BCUT2D eigenvalue weighted by Gasteiger charge is 2.31. The molecule has 2 aliphatic heterocycles. The van der Waals surface area contributed by atoms with Gasteiger partial charge in [-0.25, -0.2) is 0 Å². The van der Waals surface area contributed by atoms with Crippen LogP contribution in [0.25, 0.3) is 0 Å². The van der Waals surface area contributed by atoms with Crippen molar-refractivity contribution in [2.75, 3.05) is 19.6 Å². The Kier molecular flexibility index (Phi) is 6.44. The molecule has 1 aromatic heterocycles. The molecule has 1 fully saturated rings. The number of nitrogens with zero attached hydrogens (tertiary/aromatic N) is 1. The maximum Gasteiger partial charge on any atom is 0.245 e. The molecule has 128 valence electrons. The van der Waals surface area contributed by atoms with Gasteiger partial charge in [0.25, 0.3) is 0 Å². The number of carbonyl (C=O) groups is 2. The lowest BCUT2D eigenvalue weighted by Crippen LogP contribution is -2.56. The molecular weight excluding hydrogens is 334 g/mol. The van der Waals surface area contributed by atoms with Crippen molar-refractivity contribution >= 4 is 35.6 Å². The van der Waals surface area contributed by atoms with Crippen molar-refractivity contribution in [3.8, 4) is 0 Å². The van der Waals surface area contributed by atoms with Gasteiger partial charge in [-0.05, 0) is 29.9 Å². The van der Waals surface area contributed by atoms with Gasteiger partial charge in [0, 0.05) is 31.1 Å². The number of halogens is 1. The van der Waals surface area contributed by atoms with Gasteiger partial charge in [0.05, 0.1) is 5.92 Å². The first-order valence-electron chi connectivity index (χ1n) is 8.04. The highest BCUT2D eigenvalue weighted by molar-refractivity contribution is 7.10. The first-order valence-corrected chi connectivity index (χ1v) is 8.92. The summed E-state index contributed by atoms with van der Waals surface area (Å²) in [5.74, 6) is 0.107. The molecule has 2 amide bonds. The second-order valence-electron chi connectivity index (χ2n) is 6.08. The molecule has 5 nitrogen and oxygen atoms in total. The van der Waals surface area contributed by atoms with E-state index in [9.17, 15) is 9.59 Å². The molecule has 0 aliphatic carbocycles. The Morgan fingerprint density at radius 1 is 1.48 bits per heavy atom. The molecule has 0 aromatic carbocycles. The van der Waals surface area contributed by atoms with E-state index in [2.05, 4.69) is 22.1 Å². The van der Waals surface area contributed by atoms with Crippen LogP contribution in [0, 0.1) is 5.92 Å². The fraction of sp³-hybridized carbons (Fsp3) is 0.625. The van der Waals surface area contributed by atoms with Crippen molar-refractivity contribution < 1.29 is 9.59 Å². The molecule has 23 heavy (non-hydrogen) atoms. The van der Waals surface area contributed by atoms with Crippen molar-refractivity contribution in [2.24, 2.45) is 5.92 Å². The Bertz CT molecular complexity index is 559. The predicted octanol–water partition coefficient (Wildman–Crippen LogP) is 1.56. The lowest BCUT2D eigenvalue weighted by molar-refractivity contribution is -0.138. The van der Waals surface area contributed by atoms with Gasteiger partial charge in [-0.15, -0.1) is 23.7 Å². The SMILES string of the molecule is CCCC(NC(=O)C1CNC1)C(=O)N1CCc2sccc2C1.Cl. The summed E-state index contributed by atoms with van der Waals surface area (Å²) in [6.07, 6.45) is 2.52. The van der Waals surface area contributed by atoms with E-state index in [0.29, 0.717) is 13.0 Å². The summed E-state index contributed by atoms with van der Waals surface area (Å²) in [6.45, 7) is 4.93. The van der Waals surface area contributed by atoms with Gasteiger partial charge in [-0.3, -0.25) is 9.59 Å². The molecule has 2 aliphatic rings. The van der Waals surface area contributed by atoms with E-state index in [-0.39, 0.29) is 36.2 Å². The van der Waals surface area contributed by atoms with Gasteiger partial charge >= 0.3 is 0 Å². The third kappa shape index (κ3) is 4.05. The van der Waals surface area contributed by atoms with E-state index < -0.39 is 0 Å². The average molecular weight is 358 g/mol. The predicted molar refractivity (Wildman–Crippen MR) is 93.9 cm³/mol. The normalized spacial score (nSPS) is 18.4. The Labute approximate surface area is 147 Å². The molecule has 1 aromatic rings. The molecule has 3 heterocycles. The van der Waals surface area contributed by atoms with Gasteiger partial charge in [0.1, 0.15) is 6.04 Å². The van der Waals surface area contributed by atoms with Crippen LogP contribution in [0.3, 0.4) is 0 Å². The summed E-state index contributed by atoms with van der Waals surface area (Å²) in [4.78, 5) is 28.2. The zero-order valence-corrected chi connectivity index (χ0v) is 15.0. The van der Waals surface area contributed by atoms with E-state index in [4.69, 9.17) is 0 Å². The highest BCUT2D eigenvalue weighted by atomic mass is 35.5. The lowest BCUT2D eigenvalue weighted by Gasteiger charge is -2.32. The van der Waals surface area contributed by atoms with Crippen molar-refractivity contribution in [1.29, 1.82) is 0 Å². The number of hydrogen-bond donors (Lipinski definition) is 2. The molecule has 3 rings (SSSR count). The third-order valence-electron chi connectivity index (χ3n) is 4.46. The molecule has 7 heteroatoms. The van der Waals surface area contributed by atoms with Crippen LogP contribution in [0.4, 0.5) is 0 Å². The van der Waals surface area contributed by atoms with Crippen LogP contribution in [0.15, 0.2) is 11.4 Å². The number of rotatable bonds is 5. The number of amides is 2. The molecule has 0 saturated carbocycles. The Morgan fingerprint density at radius 3 is 2.91 bits per heavy atom. The number of fused-ring (bicyclic) bond motifs is 1. The maximum absolute atomic E-state index is 12.8. The standard InChI is InChI=1S/C16H23N3O2S.ClH/c1-2-3-13(18-15(20)12-8-17-9-12)16(21)19-6-4-14-11(10-19)5-7-22-14;/h5,7,12-13,17H,2-4,6,8-10H2,1H3,(H,18,20);1H. The van der Waals surface area contributed by atoms with Gasteiger partial charge < -0.3 is 15.5 Å². The Balaban J connectivity index is 0.00000192. The average Bonchev–Trinajstić information content (AvgIpc) is 2.91. The van der Waals surface area contributed by atoms with E-state index in [1.807, 2.05) is 11.8 Å². The minimum absolute atomic E-state index is 0. The van der Waals surface area contributed by atoms with Gasteiger partial charge in [-0.1, -0.05) is 13.3 Å². The third-order valence-corrected chi connectivity index (χ3v) is 5.49. The van der Waals surface area contributed by atoms with Crippen molar-refractivity contribution in [2.45, 2.75) is 38.8 Å². The largest absolute Gasteiger partial charge is 0.344 e. The van der Waals surface area contributed by atoms with E-state index >= 15 is 0 Å². The van der Waals surface area contributed by atoms with Gasteiger partial charge in [-0.2, -0.15) is 0 Å². The Hall–Kier alpha value is -1.11. The summed E-state index contributed by atoms with van der Waals surface area (Å²) in [6, 6.07) is 1.73.